The normalized spacial score (nSPS) is 18.5. The molecule has 5 heteroatoms. The number of hydrogen-bond acceptors (Lipinski definition) is 1. The first-order valence-corrected chi connectivity index (χ1v) is 2.04. The van der Waals surface area contributed by atoms with Crippen LogP contribution in [-0.2, 0) is 4.74 Å². The highest BCUT2D eigenvalue weighted by Gasteiger charge is 2.47. The molecule has 0 unspecified atom stereocenters. The number of halogens is 4. The van der Waals surface area contributed by atoms with Crippen molar-refractivity contribution < 1.29 is 17.9 Å². The molecule has 0 amide bonds. The fourth-order valence-corrected chi connectivity index (χ4v) is 0.346. The first-order valence-electron chi connectivity index (χ1n) is 1.66. The molecule has 0 saturated carbocycles. The number of allylic oxidation sites excluding steroid dienone is 1. The smallest absolute Gasteiger partial charge is 0.386 e. The summed E-state index contributed by atoms with van der Waals surface area (Å²) in [6, 6.07) is -1.27. The van der Waals surface area contributed by atoms with E-state index in [9.17, 15) is 13.2 Å². The molecule has 0 bridgehead atoms. The second-order valence-electron chi connectivity index (χ2n) is 1.20. The van der Waals surface area contributed by atoms with Crippen LogP contribution in [0.4, 0.5) is 13.2 Å². The Morgan fingerprint density at radius 1 is 1.50 bits per heavy atom. The summed E-state index contributed by atoms with van der Waals surface area (Å²) in [6.45, 7) is 0. The highest BCUT2D eigenvalue weighted by atomic mass is 35.5. The second kappa shape index (κ2) is 1.31. The lowest BCUT2D eigenvalue weighted by Gasteiger charge is -1.93. The van der Waals surface area contributed by atoms with Gasteiger partial charge in [0.05, 0.1) is 0 Å². The van der Waals surface area contributed by atoms with Crippen LogP contribution < -0.4 is 0 Å². The Balaban J connectivity index is 2.63. The summed E-state index contributed by atoms with van der Waals surface area (Å²) in [5.41, 5.74) is 0. The van der Waals surface area contributed by atoms with Crippen molar-refractivity contribution in [2.45, 2.75) is 5.38 Å². The summed E-state index contributed by atoms with van der Waals surface area (Å²) in [5, 5.41) is -3.66. The zero-order valence-electron chi connectivity index (χ0n) is 3.42. The zero-order chi connectivity index (χ0) is 6.36. The number of hydrogen-bond donors (Lipinski definition) is 0. The third-order valence-electron chi connectivity index (χ3n) is 0.586. The molecule has 0 spiro atoms. The maximum atomic E-state index is 11.5. The Bertz CT molecular complexity index is 147. The SMILES string of the molecule is FC1=C(C(F)(F)Cl)O1. The molecule has 1 nitrogen and oxygen atoms in total. The number of alkyl halides is 3. The van der Waals surface area contributed by atoms with Crippen LogP contribution in [0.2, 0.25) is 0 Å². The van der Waals surface area contributed by atoms with Crippen molar-refractivity contribution in [3.63, 3.8) is 0 Å². The lowest BCUT2D eigenvalue weighted by molar-refractivity contribution is 0.113. The zero-order valence-corrected chi connectivity index (χ0v) is 4.18. The summed E-state index contributed by atoms with van der Waals surface area (Å²) >= 11 is 4.27. The lowest BCUT2D eigenvalue weighted by Crippen LogP contribution is -2.01. The van der Waals surface area contributed by atoms with Crippen molar-refractivity contribution >= 4 is 11.6 Å². The summed E-state index contributed by atoms with van der Waals surface area (Å²) < 4.78 is 37.9. The summed E-state index contributed by atoms with van der Waals surface area (Å²) in [6.07, 6.45) is 0. The first kappa shape index (κ1) is 5.75. The molecule has 0 N–H and O–H groups in total. The van der Waals surface area contributed by atoms with Gasteiger partial charge in [0.25, 0.3) is 5.76 Å². The van der Waals surface area contributed by atoms with Gasteiger partial charge in [-0.15, -0.1) is 0 Å². The van der Waals surface area contributed by atoms with Gasteiger partial charge in [0.15, 0.2) is 0 Å². The molecule has 1 aliphatic heterocycles. The average molecular weight is 144 g/mol. The average Bonchev–Trinajstić information content (AvgIpc) is 2.13. The molecule has 0 fully saturated rings. The molecule has 8 heavy (non-hydrogen) atoms. The molecular formula is C3ClF3O. The molecule has 0 aromatic carbocycles. The summed E-state index contributed by atoms with van der Waals surface area (Å²) in [7, 11) is 0. The fourth-order valence-electron chi connectivity index (χ4n) is 0.233. The van der Waals surface area contributed by atoms with Gasteiger partial charge >= 0.3 is 11.4 Å². The molecule has 0 saturated heterocycles. The van der Waals surface area contributed by atoms with Crippen LogP contribution in [0.3, 0.4) is 0 Å². The molecular weight excluding hydrogens is 144 g/mol. The van der Waals surface area contributed by atoms with E-state index < -0.39 is 17.2 Å². The minimum absolute atomic E-state index is 1.07. The van der Waals surface area contributed by atoms with Crippen LogP contribution >= 0.6 is 11.6 Å². The second-order valence-corrected chi connectivity index (χ2v) is 1.68. The van der Waals surface area contributed by atoms with Crippen LogP contribution in [0.1, 0.15) is 0 Å². The lowest BCUT2D eigenvalue weighted by atomic mass is 10.6. The third-order valence-corrected chi connectivity index (χ3v) is 0.758. The molecule has 0 radical (unpaired) electrons. The molecule has 1 rings (SSSR count). The molecule has 0 aromatic heterocycles. The van der Waals surface area contributed by atoms with E-state index in [-0.39, 0.29) is 0 Å². The van der Waals surface area contributed by atoms with Crippen molar-refractivity contribution in [1.82, 2.24) is 0 Å². The highest BCUT2D eigenvalue weighted by Crippen LogP contribution is 2.42. The number of rotatable bonds is 1. The Morgan fingerprint density at radius 2 is 1.88 bits per heavy atom. The molecule has 1 heterocycles. The Morgan fingerprint density at radius 3 is 1.88 bits per heavy atom. The fraction of sp³-hybridized carbons (Fsp3) is 0.333. The van der Waals surface area contributed by atoms with E-state index in [1.165, 1.54) is 0 Å². The number of ether oxygens (including phenoxy) is 1. The quantitative estimate of drug-likeness (QED) is 0.513. The third kappa shape index (κ3) is 0.888. The predicted molar refractivity (Wildman–Crippen MR) is 20.0 cm³/mol. The molecule has 0 aliphatic carbocycles. The van der Waals surface area contributed by atoms with Crippen LogP contribution in [0, 0.1) is 0 Å². The van der Waals surface area contributed by atoms with Gasteiger partial charge in [-0.2, -0.15) is 13.2 Å². The van der Waals surface area contributed by atoms with Crippen molar-refractivity contribution in [2.75, 3.05) is 0 Å². The van der Waals surface area contributed by atoms with E-state index in [4.69, 9.17) is 0 Å². The van der Waals surface area contributed by atoms with Crippen LogP contribution in [0.5, 0.6) is 0 Å². The van der Waals surface area contributed by atoms with E-state index in [0.29, 0.717) is 0 Å². The van der Waals surface area contributed by atoms with Crippen molar-refractivity contribution in [2.24, 2.45) is 0 Å². The first-order chi connectivity index (χ1) is 3.52. The maximum absolute atomic E-state index is 11.5. The van der Waals surface area contributed by atoms with E-state index in [1.54, 1.807) is 0 Å². The minimum Gasteiger partial charge on any atom is -0.419 e. The van der Waals surface area contributed by atoms with E-state index in [1.807, 2.05) is 0 Å². The van der Waals surface area contributed by atoms with Crippen molar-refractivity contribution in [1.29, 1.82) is 0 Å². The topological polar surface area (TPSA) is 12.5 Å². The van der Waals surface area contributed by atoms with Crippen LogP contribution in [0.25, 0.3) is 0 Å². The van der Waals surface area contributed by atoms with Crippen molar-refractivity contribution in [3.8, 4) is 0 Å². The van der Waals surface area contributed by atoms with Crippen molar-refractivity contribution in [3.05, 3.63) is 11.8 Å². The largest absolute Gasteiger partial charge is 0.419 e. The van der Waals surface area contributed by atoms with E-state index in [2.05, 4.69) is 16.3 Å². The Kier molecular flexibility index (Phi) is 0.944. The summed E-state index contributed by atoms with van der Waals surface area (Å²) in [5.74, 6) is -1.07. The van der Waals surface area contributed by atoms with E-state index >= 15 is 0 Å². The van der Waals surface area contributed by atoms with Gasteiger partial charge in [-0.05, 0) is 11.6 Å². The Hall–Kier alpha value is -0.380. The maximum Gasteiger partial charge on any atom is 0.386 e. The molecule has 0 atom stereocenters. The van der Waals surface area contributed by atoms with Gasteiger partial charge in [-0.1, -0.05) is 0 Å². The minimum atomic E-state index is -3.66. The monoisotopic (exact) mass is 144 g/mol. The van der Waals surface area contributed by atoms with Crippen LogP contribution in [-0.4, -0.2) is 5.38 Å². The molecule has 46 valence electrons. The van der Waals surface area contributed by atoms with E-state index in [0.717, 1.165) is 0 Å². The van der Waals surface area contributed by atoms with Gasteiger partial charge in [0.1, 0.15) is 0 Å². The Labute approximate surface area is 47.7 Å². The standard InChI is InChI=1S/C3ClF3O/c4-3(6,7)1-2(5)8-1. The van der Waals surface area contributed by atoms with Gasteiger partial charge < -0.3 is 4.74 Å². The van der Waals surface area contributed by atoms with Gasteiger partial charge in [0.2, 0.25) is 0 Å². The van der Waals surface area contributed by atoms with Gasteiger partial charge in [-0.25, -0.2) is 0 Å². The highest BCUT2D eigenvalue weighted by molar-refractivity contribution is 6.23. The molecule has 0 aromatic rings. The molecule has 1 aliphatic rings. The van der Waals surface area contributed by atoms with Gasteiger partial charge in [0, 0.05) is 0 Å². The summed E-state index contributed by atoms with van der Waals surface area (Å²) in [4.78, 5) is 0. The predicted octanol–water partition coefficient (Wildman–Crippen LogP) is 1.99. The van der Waals surface area contributed by atoms with Gasteiger partial charge in [-0.3, -0.25) is 0 Å². The van der Waals surface area contributed by atoms with Crippen LogP contribution in [0.15, 0.2) is 11.8 Å².